The zero-order chi connectivity index (χ0) is 19.0. The van der Waals surface area contributed by atoms with E-state index in [-0.39, 0.29) is 5.75 Å². The Bertz CT molecular complexity index is 1150. The number of carbonyl (C=O) groups is 2. The molecule has 2 aromatic rings. The quantitative estimate of drug-likeness (QED) is 0.468. The lowest BCUT2D eigenvalue weighted by molar-refractivity contribution is 0.0994. The fourth-order valence-electron chi connectivity index (χ4n) is 2.87. The van der Waals surface area contributed by atoms with Gasteiger partial charge in [-0.25, -0.2) is 15.0 Å². The van der Waals surface area contributed by atoms with E-state index in [1.807, 2.05) is 31.2 Å². The maximum Gasteiger partial charge on any atom is 0.380 e. The predicted molar refractivity (Wildman–Crippen MR) is 99.7 cm³/mol. The third kappa shape index (κ3) is 3.04. The fourth-order valence-corrected chi connectivity index (χ4v) is 2.87. The number of azo groups is 1. The number of H-pyrrole nitrogens is 1. The third-order valence-corrected chi connectivity index (χ3v) is 4.21. The van der Waals surface area contributed by atoms with Gasteiger partial charge in [-0.2, -0.15) is 0 Å². The summed E-state index contributed by atoms with van der Waals surface area (Å²) in [6.45, 7) is 1.90. The van der Waals surface area contributed by atoms with Crippen molar-refractivity contribution < 1.29 is 14.7 Å². The van der Waals surface area contributed by atoms with Crippen molar-refractivity contribution in [3.63, 3.8) is 0 Å². The van der Waals surface area contributed by atoms with Crippen LogP contribution in [0.1, 0.15) is 15.9 Å². The Labute approximate surface area is 153 Å². The number of rotatable bonds is 2. The van der Waals surface area contributed by atoms with Crippen LogP contribution in [0.25, 0.3) is 22.0 Å². The summed E-state index contributed by atoms with van der Waals surface area (Å²) in [7, 11) is 0. The molecule has 134 valence electrons. The van der Waals surface area contributed by atoms with Crippen LogP contribution in [-0.2, 0) is 0 Å². The molecule has 3 N–H and O–H groups in total. The molecule has 0 saturated heterocycles. The van der Waals surface area contributed by atoms with Crippen molar-refractivity contribution in [3.8, 4) is 17.0 Å². The average molecular weight is 361 g/mol. The van der Waals surface area contributed by atoms with Crippen molar-refractivity contribution in [2.75, 3.05) is 5.43 Å². The Hall–Kier alpha value is -3.94. The number of hydrogen-bond acceptors (Lipinski definition) is 3. The number of aryl methyl sites for hydroxylation is 1. The number of hydrogen-bond donors (Lipinski definition) is 3. The fraction of sp³-hybridized carbons (Fsp3) is 0.0526. The summed E-state index contributed by atoms with van der Waals surface area (Å²) in [4.78, 5) is 25.1. The largest absolute Gasteiger partial charge is 0.507 e. The Balaban J connectivity index is 1.51. The number of nitrogens with one attached hydrogen (secondary N) is 2. The average Bonchev–Trinajstić information content (AvgIpc) is 3.19. The molecule has 8 heteroatoms. The minimum absolute atomic E-state index is 0.126. The van der Waals surface area contributed by atoms with E-state index in [0.29, 0.717) is 16.8 Å². The van der Waals surface area contributed by atoms with Gasteiger partial charge in [-0.15, -0.1) is 5.11 Å². The molecule has 0 atom stereocenters. The van der Waals surface area contributed by atoms with Crippen LogP contribution in [0.3, 0.4) is 0 Å². The smallest absolute Gasteiger partial charge is 0.380 e. The highest BCUT2D eigenvalue weighted by Crippen LogP contribution is 2.42. The highest BCUT2D eigenvalue weighted by atomic mass is 16.3. The molecule has 8 nitrogen and oxygen atoms in total. The molecule has 0 spiro atoms. The van der Waals surface area contributed by atoms with Crippen molar-refractivity contribution in [2.24, 2.45) is 10.2 Å². The minimum atomic E-state index is -0.826. The second-order valence-electron chi connectivity index (χ2n) is 6.08. The van der Waals surface area contributed by atoms with E-state index in [0.717, 1.165) is 16.3 Å². The SMILES string of the molecule is Cc1ccc(C(=O)N=NC(=O)Nn2cc3c(O)c4ccccc4c-3[nH]2)cc1. The molecule has 3 amide bonds. The minimum Gasteiger partial charge on any atom is -0.507 e. The number of carbonyl (C=O) groups excluding carboxylic acids is 2. The summed E-state index contributed by atoms with van der Waals surface area (Å²) < 4.78 is 0. The van der Waals surface area contributed by atoms with Gasteiger partial charge in [0, 0.05) is 16.3 Å². The number of nitrogens with zero attached hydrogens (tertiary/aromatic N) is 3. The maximum atomic E-state index is 11.9. The Morgan fingerprint density at radius 3 is 2.48 bits per heavy atom. The van der Waals surface area contributed by atoms with Gasteiger partial charge in [0.15, 0.2) is 0 Å². The van der Waals surface area contributed by atoms with Gasteiger partial charge in [0.05, 0.1) is 17.5 Å². The Kier molecular flexibility index (Phi) is 3.92. The van der Waals surface area contributed by atoms with Crippen LogP contribution in [0.4, 0.5) is 4.79 Å². The highest BCUT2D eigenvalue weighted by molar-refractivity contribution is 6.06. The van der Waals surface area contributed by atoms with Crippen LogP contribution in [0.5, 0.6) is 5.75 Å². The van der Waals surface area contributed by atoms with E-state index in [9.17, 15) is 14.7 Å². The summed E-state index contributed by atoms with van der Waals surface area (Å²) in [5.74, 6) is -0.481. The van der Waals surface area contributed by atoms with Crippen LogP contribution in [0, 0.1) is 6.92 Å². The maximum absolute atomic E-state index is 11.9. The zero-order valence-electron chi connectivity index (χ0n) is 14.3. The zero-order valence-corrected chi connectivity index (χ0v) is 14.3. The van der Waals surface area contributed by atoms with Crippen molar-refractivity contribution in [1.29, 1.82) is 0 Å². The number of aromatic amines is 1. The first-order valence-electron chi connectivity index (χ1n) is 8.17. The van der Waals surface area contributed by atoms with E-state index in [1.54, 1.807) is 24.3 Å². The van der Waals surface area contributed by atoms with E-state index >= 15 is 0 Å². The van der Waals surface area contributed by atoms with E-state index in [2.05, 4.69) is 20.8 Å². The van der Waals surface area contributed by atoms with Crippen LogP contribution in [0.2, 0.25) is 0 Å². The summed E-state index contributed by atoms with van der Waals surface area (Å²) in [6, 6.07) is 13.3. The van der Waals surface area contributed by atoms with Crippen LogP contribution < -0.4 is 5.43 Å². The number of fused-ring (bicyclic) bond motifs is 3. The molecule has 27 heavy (non-hydrogen) atoms. The van der Waals surface area contributed by atoms with Crippen molar-refractivity contribution >= 4 is 22.7 Å². The van der Waals surface area contributed by atoms with Gasteiger partial charge in [-0.3, -0.25) is 9.89 Å². The topological polar surface area (TPSA) is 112 Å². The molecule has 0 fully saturated rings. The lowest BCUT2D eigenvalue weighted by Crippen LogP contribution is -2.19. The second kappa shape index (κ2) is 6.41. The van der Waals surface area contributed by atoms with Crippen LogP contribution in [-0.4, -0.2) is 26.9 Å². The number of benzene rings is 2. The van der Waals surface area contributed by atoms with Crippen molar-refractivity contribution in [2.45, 2.75) is 6.92 Å². The van der Waals surface area contributed by atoms with Crippen LogP contribution >= 0.6 is 0 Å². The van der Waals surface area contributed by atoms with Gasteiger partial charge >= 0.3 is 6.03 Å². The molecule has 1 aliphatic heterocycles. The third-order valence-electron chi connectivity index (χ3n) is 4.21. The van der Waals surface area contributed by atoms with Crippen LogP contribution in [0.15, 0.2) is 65.0 Å². The number of amides is 3. The van der Waals surface area contributed by atoms with Gasteiger partial charge < -0.3 is 5.11 Å². The second-order valence-corrected chi connectivity index (χ2v) is 6.08. The predicted octanol–water partition coefficient (Wildman–Crippen LogP) is 4.04. The molecule has 4 rings (SSSR count). The highest BCUT2D eigenvalue weighted by Gasteiger charge is 2.20. The first-order valence-corrected chi connectivity index (χ1v) is 8.17. The first-order chi connectivity index (χ1) is 13.0. The number of aromatic hydroxyl groups is 1. The first kappa shape index (κ1) is 16.5. The Morgan fingerprint density at radius 1 is 1.04 bits per heavy atom. The van der Waals surface area contributed by atoms with Gasteiger partial charge in [-0.05, 0) is 19.1 Å². The van der Waals surface area contributed by atoms with Gasteiger partial charge in [0.2, 0.25) is 0 Å². The summed E-state index contributed by atoms with van der Waals surface area (Å²) in [5, 5.41) is 21.6. The molecule has 0 bridgehead atoms. The summed E-state index contributed by atoms with van der Waals surface area (Å²) >= 11 is 0. The summed E-state index contributed by atoms with van der Waals surface area (Å²) in [6.07, 6.45) is 1.53. The monoisotopic (exact) mass is 361 g/mol. The van der Waals surface area contributed by atoms with E-state index in [1.165, 1.54) is 11.0 Å². The standard InChI is InChI=1S/C19H15N5O3/c1-11-6-8-12(9-7-11)18(26)20-21-19(27)23-24-10-15-16(22-24)13-4-2-3-5-14(13)17(15)25/h2-10,22,25H,1H3,(H,23,27). The van der Waals surface area contributed by atoms with Crippen molar-refractivity contribution in [3.05, 3.63) is 65.9 Å². The molecule has 2 aliphatic rings. The lowest BCUT2D eigenvalue weighted by atomic mass is 10.1. The number of aromatic nitrogens is 2. The van der Waals surface area contributed by atoms with Gasteiger partial charge in [-0.1, -0.05) is 47.1 Å². The van der Waals surface area contributed by atoms with Crippen molar-refractivity contribution in [1.82, 2.24) is 9.89 Å². The van der Waals surface area contributed by atoms with Gasteiger partial charge in [0.25, 0.3) is 5.91 Å². The number of urea groups is 1. The van der Waals surface area contributed by atoms with E-state index in [4.69, 9.17) is 0 Å². The normalized spacial score (nSPS) is 11.4. The molecule has 0 aromatic heterocycles. The summed E-state index contributed by atoms with van der Waals surface area (Å²) in [5.41, 5.74) is 5.02. The molecule has 1 heterocycles. The molecule has 2 aromatic carbocycles. The van der Waals surface area contributed by atoms with Gasteiger partial charge in [0.1, 0.15) is 5.75 Å². The lowest BCUT2D eigenvalue weighted by Gasteiger charge is -2.01. The molecule has 0 saturated carbocycles. The molecular weight excluding hydrogens is 346 g/mol. The molecular formula is C19H15N5O3. The molecule has 1 aliphatic carbocycles. The Morgan fingerprint density at radius 2 is 1.74 bits per heavy atom. The van der Waals surface area contributed by atoms with E-state index < -0.39 is 11.9 Å². The molecule has 0 radical (unpaired) electrons. The molecule has 0 unspecified atom stereocenters.